The van der Waals surface area contributed by atoms with Crippen LogP contribution in [0.1, 0.15) is 27.8 Å². The van der Waals surface area contributed by atoms with E-state index >= 15 is 0 Å². The third-order valence-corrected chi connectivity index (χ3v) is 4.72. The van der Waals surface area contributed by atoms with Crippen LogP contribution in [-0.4, -0.2) is 46.9 Å². The van der Waals surface area contributed by atoms with Crippen molar-refractivity contribution in [2.75, 3.05) is 25.7 Å². The average Bonchev–Trinajstić information content (AvgIpc) is 3.21. The van der Waals surface area contributed by atoms with E-state index in [0.717, 1.165) is 22.8 Å². The molecule has 1 aliphatic heterocycles. The van der Waals surface area contributed by atoms with Gasteiger partial charge in [0.1, 0.15) is 11.8 Å². The second kappa shape index (κ2) is 7.06. The molecule has 0 N–H and O–H groups in total. The third kappa shape index (κ3) is 2.99. The number of carbonyl (C=O) groups excluding carboxylic acids is 1. The van der Waals surface area contributed by atoms with Gasteiger partial charge in [-0.05, 0) is 40.3 Å². The molecule has 0 radical (unpaired) electrons. The predicted octanol–water partition coefficient (Wildman–Crippen LogP) is 2.08. The maximum Gasteiger partial charge on any atom is 0.339 e. The summed E-state index contributed by atoms with van der Waals surface area (Å²) in [5, 5.41) is 12.2. The minimum atomic E-state index is -0.371. The predicted molar refractivity (Wildman–Crippen MR) is 97.8 cm³/mol. The number of carbonyl (C=O) groups is 1. The number of rotatable bonds is 4. The fraction of sp³-hybridized carbons (Fsp3) is 0.263. The lowest BCUT2D eigenvalue weighted by atomic mass is 10.00. The average molecular weight is 365 g/mol. The first-order chi connectivity index (χ1) is 13.2. The highest BCUT2D eigenvalue weighted by molar-refractivity contribution is 5.96. The Bertz CT molecular complexity index is 954. The number of para-hydroxylation sites is 1. The molecule has 4 rings (SSSR count). The molecule has 0 bridgehead atoms. The van der Waals surface area contributed by atoms with Gasteiger partial charge in [0, 0.05) is 6.54 Å². The van der Waals surface area contributed by atoms with Crippen molar-refractivity contribution < 1.29 is 14.3 Å². The van der Waals surface area contributed by atoms with Crippen LogP contribution in [0.2, 0.25) is 0 Å². The molecule has 1 unspecified atom stereocenters. The third-order valence-electron chi connectivity index (χ3n) is 4.72. The Kier molecular flexibility index (Phi) is 4.45. The quantitative estimate of drug-likeness (QED) is 0.655. The van der Waals surface area contributed by atoms with Gasteiger partial charge in [0.25, 0.3) is 0 Å². The van der Waals surface area contributed by atoms with Crippen molar-refractivity contribution in [1.29, 1.82) is 0 Å². The number of anilines is 1. The van der Waals surface area contributed by atoms with E-state index in [1.54, 1.807) is 17.9 Å². The number of methoxy groups -OCH3 is 2. The molecule has 0 aliphatic carbocycles. The summed E-state index contributed by atoms with van der Waals surface area (Å²) < 4.78 is 12.0. The number of tetrazole rings is 1. The van der Waals surface area contributed by atoms with E-state index in [4.69, 9.17) is 9.47 Å². The number of benzene rings is 2. The molecule has 1 atom stereocenters. The van der Waals surface area contributed by atoms with E-state index < -0.39 is 0 Å². The molecule has 0 fully saturated rings. The standard InChI is InChI=1S/C19H19N5O3/c1-26-14-9-7-13(8-10-14)17-18-20-21-22-24(18)12-11-23(17)16-6-4-3-5-15(16)19(25)27-2/h3-10,17H,11-12H2,1-2H3. The molecular weight excluding hydrogens is 346 g/mol. The van der Waals surface area contributed by atoms with Gasteiger partial charge in [-0.3, -0.25) is 0 Å². The number of hydrogen-bond donors (Lipinski definition) is 0. The van der Waals surface area contributed by atoms with Crippen LogP contribution in [-0.2, 0) is 11.3 Å². The van der Waals surface area contributed by atoms with Gasteiger partial charge in [0.2, 0.25) is 0 Å². The largest absolute Gasteiger partial charge is 0.497 e. The maximum absolute atomic E-state index is 12.3. The van der Waals surface area contributed by atoms with Gasteiger partial charge in [0.05, 0.1) is 32.0 Å². The van der Waals surface area contributed by atoms with Gasteiger partial charge >= 0.3 is 5.97 Å². The topological polar surface area (TPSA) is 82.4 Å². The molecule has 0 saturated heterocycles. The van der Waals surface area contributed by atoms with Gasteiger partial charge in [-0.15, -0.1) is 5.10 Å². The fourth-order valence-corrected chi connectivity index (χ4v) is 3.42. The van der Waals surface area contributed by atoms with E-state index in [1.807, 2.05) is 42.5 Å². The lowest BCUT2D eigenvalue weighted by molar-refractivity contribution is 0.0601. The van der Waals surface area contributed by atoms with E-state index in [-0.39, 0.29) is 12.0 Å². The number of ether oxygens (including phenoxy) is 2. The number of nitrogens with zero attached hydrogens (tertiary/aromatic N) is 5. The van der Waals surface area contributed by atoms with Gasteiger partial charge in [0.15, 0.2) is 5.82 Å². The second-order valence-electron chi connectivity index (χ2n) is 6.14. The molecule has 138 valence electrons. The zero-order valence-electron chi connectivity index (χ0n) is 15.1. The zero-order chi connectivity index (χ0) is 18.8. The van der Waals surface area contributed by atoms with Crippen LogP contribution < -0.4 is 9.64 Å². The molecule has 0 saturated carbocycles. The number of aromatic nitrogens is 4. The lowest BCUT2D eigenvalue weighted by Gasteiger charge is -2.37. The summed E-state index contributed by atoms with van der Waals surface area (Å²) in [6, 6.07) is 15.0. The first kappa shape index (κ1) is 17.0. The Morgan fingerprint density at radius 2 is 1.85 bits per heavy atom. The molecule has 0 spiro atoms. The van der Waals surface area contributed by atoms with E-state index in [9.17, 15) is 4.79 Å². The van der Waals surface area contributed by atoms with Crippen molar-refractivity contribution in [2.45, 2.75) is 12.6 Å². The SMILES string of the molecule is COC(=O)c1ccccc1N1CCn2nnnc2C1c1ccc(OC)cc1. The normalized spacial score (nSPS) is 15.9. The van der Waals surface area contributed by atoms with Gasteiger partial charge < -0.3 is 14.4 Å². The summed E-state index contributed by atoms with van der Waals surface area (Å²) in [7, 11) is 3.02. The molecule has 0 amide bonds. The van der Waals surface area contributed by atoms with Crippen LogP contribution in [0.4, 0.5) is 5.69 Å². The summed E-state index contributed by atoms with van der Waals surface area (Å²) in [4.78, 5) is 14.4. The molecule has 1 aliphatic rings. The summed E-state index contributed by atoms with van der Waals surface area (Å²) in [5.74, 6) is 1.13. The highest BCUT2D eigenvalue weighted by Crippen LogP contribution is 2.36. The Morgan fingerprint density at radius 3 is 2.59 bits per heavy atom. The van der Waals surface area contributed by atoms with Crippen molar-refractivity contribution in [2.24, 2.45) is 0 Å². The molecule has 3 aromatic rings. The summed E-state index contributed by atoms with van der Waals surface area (Å²) in [6.07, 6.45) is 0. The van der Waals surface area contributed by atoms with Crippen molar-refractivity contribution >= 4 is 11.7 Å². The monoisotopic (exact) mass is 365 g/mol. The van der Waals surface area contributed by atoms with Crippen LogP contribution in [0.5, 0.6) is 5.75 Å². The first-order valence-corrected chi connectivity index (χ1v) is 8.57. The number of hydrogen-bond acceptors (Lipinski definition) is 7. The first-order valence-electron chi connectivity index (χ1n) is 8.57. The van der Waals surface area contributed by atoms with E-state index in [2.05, 4.69) is 20.4 Å². The fourth-order valence-electron chi connectivity index (χ4n) is 3.42. The van der Waals surface area contributed by atoms with Gasteiger partial charge in [-0.2, -0.15) is 0 Å². The Balaban J connectivity index is 1.83. The smallest absolute Gasteiger partial charge is 0.339 e. The zero-order valence-corrected chi connectivity index (χ0v) is 15.1. The summed E-state index contributed by atoms with van der Waals surface area (Å²) >= 11 is 0. The Hall–Kier alpha value is -3.42. The highest BCUT2D eigenvalue weighted by Gasteiger charge is 2.34. The molecule has 2 heterocycles. The molecule has 8 nitrogen and oxygen atoms in total. The second-order valence-corrected chi connectivity index (χ2v) is 6.14. The minimum absolute atomic E-state index is 0.231. The van der Waals surface area contributed by atoms with Crippen molar-refractivity contribution in [3.63, 3.8) is 0 Å². The summed E-state index contributed by atoms with van der Waals surface area (Å²) in [5.41, 5.74) is 2.31. The minimum Gasteiger partial charge on any atom is -0.497 e. The van der Waals surface area contributed by atoms with Crippen LogP contribution in [0.15, 0.2) is 48.5 Å². The van der Waals surface area contributed by atoms with E-state index in [1.165, 1.54) is 7.11 Å². The molecule has 2 aromatic carbocycles. The Morgan fingerprint density at radius 1 is 1.07 bits per heavy atom. The van der Waals surface area contributed by atoms with Gasteiger partial charge in [-0.1, -0.05) is 24.3 Å². The van der Waals surface area contributed by atoms with Crippen LogP contribution in [0.3, 0.4) is 0 Å². The molecule has 8 heteroatoms. The molecular formula is C19H19N5O3. The Labute approximate surface area is 156 Å². The van der Waals surface area contributed by atoms with Crippen molar-refractivity contribution in [3.05, 3.63) is 65.5 Å². The maximum atomic E-state index is 12.3. The number of fused-ring (bicyclic) bond motifs is 1. The highest BCUT2D eigenvalue weighted by atomic mass is 16.5. The summed E-state index contributed by atoms with van der Waals surface area (Å²) in [6.45, 7) is 1.28. The van der Waals surface area contributed by atoms with Crippen LogP contribution in [0.25, 0.3) is 0 Å². The number of esters is 1. The van der Waals surface area contributed by atoms with Gasteiger partial charge in [-0.25, -0.2) is 9.48 Å². The molecule has 27 heavy (non-hydrogen) atoms. The van der Waals surface area contributed by atoms with E-state index in [0.29, 0.717) is 18.7 Å². The van der Waals surface area contributed by atoms with Crippen molar-refractivity contribution in [3.8, 4) is 5.75 Å². The van der Waals surface area contributed by atoms with Crippen molar-refractivity contribution in [1.82, 2.24) is 20.2 Å². The lowest BCUT2D eigenvalue weighted by Crippen LogP contribution is -2.40. The molecule has 1 aromatic heterocycles. The van der Waals surface area contributed by atoms with Crippen LogP contribution in [0, 0.1) is 0 Å². The van der Waals surface area contributed by atoms with Crippen LogP contribution >= 0.6 is 0 Å².